The molecule has 0 fully saturated rings. The second-order valence-corrected chi connectivity index (χ2v) is 6.41. The van der Waals surface area contributed by atoms with E-state index < -0.39 is 0 Å². The number of benzene rings is 2. The molecule has 27 heavy (non-hydrogen) atoms. The highest BCUT2D eigenvalue weighted by molar-refractivity contribution is 5.93. The molecule has 1 amide bonds. The lowest BCUT2D eigenvalue weighted by atomic mass is 10.1. The average molecular weight is 365 g/mol. The summed E-state index contributed by atoms with van der Waals surface area (Å²) in [5.41, 5.74) is 2.23. The van der Waals surface area contributed by atoms with E-state index in [1.54, 1.807) is 13.2 Å². The number of amides is 1. The van der Waals surface area contributed by atoms with Gasteiger partial charge in [-0.05, 0) is 43.9 Å². The second-order valence-electron chi connectivity index (χ2n) is 6.41. The maximum Gasteiger partial charge on any atom is 0.273 e. The number of carbonyl (C=O) groups excluding carboxylic acids is 1. The van der Waals surface area contributed by atoms with E-state index >= 15 is 0 Å². The molecule has 0 aliphatic carbocycles. The first-order chi connectivity index (χ1) is 13.1. The maximum absolute atomic E-state index is 12.5. The van der Waals surface area contributed by atoms with Gasteiger partial charge in [0.25, 0.3) is 5.91 Å². The highest BCUT2D eigenvalue weighted by Crippen LogP contribution is 2.23. The fourth-order valence-electron chi connectivity index (χ4n) is 2.83. The third-order valence-electron chi connectivity index (χ3n) is 4.38. The summed E-state index contributed by atoms with van der Waals surface area (Å²) in [6.45, 7) is 0.473. The van der Waals surface area contributed by atoms with Gasteiger partial charge in [0, 0.05) is 18.2 Å². The SMILES string of the molecule is COc1ccc(-c2cc(C(=O)NC[C@@H](c3ccccc3)N(C)C)no2)cc1. The lowest BCUT2D eigenvalue weighted by Gasteiger charge is -2.24. The number of hydrogen-bond donors (Lipinski definition) is 1. The van der Waals surface area contributed by atoms with Gasteiger partial charge in [-0.1, -0.05) is 35.5 Å². The zero-order valence-corrected chi connectivity index (χ0v) is 15.7. The number of ether oxygens (including phenoxy) is 1. The van der Waals surface area contributed by atoms with Crippen LogP contribution in [-0.4, -0.2) is 43.7 Å². The molecule has 0 spiro atoms. The Morgan fingerprint density at radius 3 is 2.48 bits per heavy atom. The number of hydrogen-bond acceptors (Lipinski definition) is 5. The van der Waals surface area contributed by atoms with Crippen molar-refractivity contribution < 1.29 is 14.1 Å². The van der Waals surface area contributed by atoms with E-state index in [-0.39, 0.29) is 17.6 Å². The lowest BCUT2D eigenvalue weighted by molar-refractivity contribution is 0.0933. The summed E-state index contributed by atoms with van der Waals surface area (Å²) in [5.74, 6) is 1.03. The van der Waals surface area contributed by atoms with Crippen LogP contribution in [0.15, 0.2) is 65.2 Å². The number of methoxy groups -OCH3 is 1. The maximum atomic E-state index is 12.5. The molecule has 6 nitrogen and oxygen atoms in total. The Kier molecular flexibility index (Phi) is 5.88. The summed E-state index contributed by atoms with van der Waals surface area (Å²) in [4.78, 5) is 14.5. The van der Waals surface area contributed by atoms with Crippen molar-refractivity contribution in [3.05, 3.63) is 71.9 Å². The molecular formula is C21H23N3O3. The van der Waals surface area contributed by atoms with Gasteiger partial charge < -0.3 is 19.5 Å². The van der Waals surface area contributed by atoms with E-state index in [0.29, 0.717) is 12.3 Å². The van der Waals surface area contributed by atoms with Crippen LogP contribution in [0.2, 0.25) is 0 Å². The molecule has 1 aromatic heterocycles. The van der Waals surface area contributed by atoms with E-state index in [9.17, 15) is 4.79 Å². The van der Waals surface area contributed by atoms with E-state index in [4.69, 9.17) is 9.26 Å². The Morgan fingerprint density at radius 2 is 1.85 bits per heavy atom. The second kappa shape index (κ2) is 8.51. The lowest BCUT2D eigenvalue weighted by Crippen LogP contribution is -2.34. The third kappa shape index (κ3) is 4.54. The minimum atomic E-state index is -0.263. The minimum absolute atomic E-state index is 0.0723. The molecule has 0 saturated carbocycles. The molecule has 1 heterocycles. The Bertz CT molecular complexity index is 873. The standard InChI is InChI=1S/C21H23N3O3/c1-24(2)19(15-7-5-4-6-8-15)14-22-21(25)18-13-20(27-23-18)16-9-11-17(26-3)12-10-16/h4-13,19H,14H2,1-3H3,(H,22,25)/t19-/m0/s1. The van der Waals surface area contributed by atoms with E-state index in [2.05, 4.69) is 27.5 Å². The molecule has 6 heteroatoms. The number of nitrogens with one attached hydrogen (secondary N) is 1. The summed E-state index contributed by atoms with van der Waals surface area (Å²) in [5, 5.41) is 6.84. The van der Waals surface area contributed by atoms with Gasteiger partial charge in [-0.2, -0.15) is 0 Å². The van der Waals surface area contributed by atoms with Crippen molar-refractivity contribution in [1.82, 2.24) is 15.4 Å². The molecule has 0 aliphatic rings. The Morgan fingerprint density at radius 1 is 1.15 bits per heavy atom. The number of nitrogens with zero attached hydrogens (tertiary/aromatic N) is 2. The van der Waals surface area contributed by atoms with Crippen LogP contribution in [0.3, 0.4) is 0 Å². The summed E-state index contributed by atoms with van der Waals surface area (Å²) in [6, 6.07) is 19.2. The topological polar surface area (TPSA) is 67.6 Å². The molecule has 1 N–H and O–H groups in total. The molecule has 0 saturated heterocycles. The fourth-order valence-corrected chi connectivity index (χ4v) is 2.83. The van der Waals surface area contributed by atoms with Gasteiger partial charge in [-0.15, -0.1) is 0 Å². The highest BCUT2D eigenvalue weighted by Gasteiger charge is 2.18. The van der Waals surface area contributed by atoms with Crippen molar-refractivity contribution in [2.75, 3.05) is 27.7 Å². The first-order valence-corrected chi connectivity index (χ1v) is 8.69. The number of rotatable bonds is 7. The predicted molar refractivity (Wildman–Crippen MR) is 104 cm³/mol. The van der Waals surface area contributed by atoms with Gasteiger partial charge in [0.1, 0.15) is 5.75 Å². The predicted octanol–water partition coefficient (Wildman–Crippen LogP) is 3.38. The summed E-state index contributed by atoms with van der Waals surface area (Å²) < 4.78 is 10.5. The van der Waals surface area contributed by atoms with Crippen molar-refractivity contribution in [2.45, 2.75) is 6.04 Å². The van der Waals surface area contributed by atoms with Crippen LogP contribution >= 0.6 is 0 Å². The fraction of sp³-hybridized carbons (Fsp3) is 0.238. The molecule has 0 aliphatic heterocycles. The molecule has 3 rings (SSSR count). The van der Waals surface area contributed by atoms with E-state index in [0.717, 1.165) is 16.9 Å². The first-order valence-electron chi connectivity index (χ1n) is 8.69. The van der Waals surface area contributed by atoms with Gasteiger partial charge in [0.2, 0.25) is 0 Å². The van der Waals surface area contributed by atoms with Crippen LogP contribution < -0.4 is 10.1 Å². The van der Waals surface area contributed by atoms with Gasteiger partial charge in [0.05, 0.1) is 13.2 Å². The Balaban J connectivity index is 1.66. The van der Waals surface area contributed by atoms with Crippen molar-refractivity contribution in [1.29, 1.82) is 0 Å². The van der Waals surface area contributed by atoms with Crippen LogP contribution in [0.4, 0.5) is 0 Å². The molecule has 1 atom stereocenters. The zero-order valence-electron chi connectivity index (χ0n) is 15.7. The molecule has 3 aromatic rings. The van der Waals surface area contributed by atoms with Crippen LogP contribution in [0.25, 0.3) is 11.3 Å². The first kappa shape index (κ1) is 18.7. The Labute approximate surface area is 158 Å². The van der Waals surface area contributed by atoms with Crippen LogP contribution in [-0.2, 0) is 0 Å². The molecule has 0 bridgehead atoms. The highest BCUT2D eigenvalue weighted by atomic mass is 16.5. The van der Waals surface area contributed by atoms with Crippen LogP contribution in [0, 0.1) is 0 Å². The summed E-state index contributed by atoms with van der Waals surface area (Å²) in [6.07, 6.45) is 0. The monoisotopic (exact) mass is 365 g/mol. The number of likely N-dealkylation sites (N-methyl/N-ethyl adjacent to an activating group) is 1. The van der Waals surface area contributed by atoms with E-state index in [1.165, 1.54) is 0 Å². The average Bonchev–Trinajstić information content (AvgIpc) is 3.19. The normalized spacial score (nSPS) is 12.0. The van der Waals surface area contributed by atoms with Gasteiger partial charge in [-0.3, -0.25) is 4.79 Å². The quantitative estimate of drug-likeness (QED) is 0.695. The number of carbonyl (C=O) groups is 1. The van der Waals surface area contributed by atoms with Gasteiger partial charge in [0.15, 0.2) is 11.5 Å². The summed E-state index contributed by atoms with van der Waals surface area (Å²) >= 11 is 0. The molecule has 0 radical (unpaired) electrons. The molecule has 0 unspecified atom stereocenters. The van der Waals surface area contributed by atoms with Crippen molar-refractivity contribution in [3.8, 4) is 17.1 Å². The van der Waals surface area contributed by atoms with Crippen molar-refractivity contribution in [3.63, 3.8) is 0 Å². The van der Waals surface area contributed by atoms with Gasteiger partial charge in [-0.25, -0.2) is 0 Å². The molecule has 2 aromatic carbocycles. The Hall–Kier alpha value is -3.12. The summed E-state index contributed by atoms with van der Waals surface area (Å²) in [7, 11) is 5.59. The van der Waals surface area contributed by atoms with Crippen molar-refractivity contribution >= 4 is 5.91 Å². The smallest absolute Gasteiger partial charge is 0.273 e. The van der Waals surface area contributed by atoms with Gasteiger partial charge >= 0.3 is 0 Å². The van der Waals surface area contributed by atoms with Crippen LogP contribution in [0.1, 0.15) is 22.1 Å². The van der Waals surface area contributed by atoms with Crippen molar-refractivity contribution in [2.24, 2.45) is 0 Å². The largest absolute Gasteiger partial charge is 0.497 e. The number of aromatic nitrogens is 1. The molecular weight excluding hydrogens is 342 g/mol. The van der Waals surface area contributed by atoms with Crippen LogP contribution in [0.5, 0.6) is 5.75 Å². The minimum Gasteiger partial charge on any atom is -0.497 e. The van der Waals surface area contributed by atoms with E-state index in [1.807, 2.05) is 56.6 Å². The third-order valence-corrected chi connectivity index (χ3v) is 4.38. The molecule has 140 valence electrons. The zero-order chi connectivity index (χ0) is 19.2.